The molecule has 0 aliphatic heterocycles. The maximum atomic E-state index is 3.77. The molecule has 2 heteroatoms. The highest BCUT2D eigenvalue weighted by atomic mass is 32.1. The van der Waals surface area contributed by atoms with Gasteiger partial charge in [-0.25, -0.2) is 0 Å². The molecular weight excluding hydrogens is 238 g/mol. The maximum absolute atomic E-state index is 3.77. The molecule has 0 aromatic carbocycles. The van der Waals surface area contributed by atoms with Crippen LogP contribution in [0.5, 0.6) is 0 Å². The van der Waals surface area contributed by atoms with E-state index in [4.69, 9.17) is 0 Å². The van der Waals surface area contributed by atoms with E-state index in [1.54, 1.807) is 10.4 Å². The van der Waals surface area contributed by atoms with E-state index >= 15 is 0 Å². The second-order valence-electron chi connectivity index (χ2n) is 5.45. The number of aryl methyl sites for hydroxylation is 1. The Kier molecular flexibility index (Phi) is 5.71. The fourth-order valence-corrected chi connectivity index (χ4v) is 4.42. The molecule has 18 heavy (non-hydrogen) atoms. The van der Waals surface area contributed by atoms with E-state index < -0.39 is 0 Å². The molecule has 1 heterocycles. The third-order valence-corrected chi connectivity index (χ3v) is 5.28. The predicted molar refractivity (Wildman–Crippen MR) is 81.3 cm³/mol. The molecule has 1 saturated carbocycles. The molecule has 1 nitrogen and oxygen atoms in total. The van der Waals surface area contributed by atoms with Crippen molar-refractivity contribution in [3.63, 3.8) is 0 Å². The van der Waals surface area contributed by atoms with Crippen molar-refractivity contribution in [3.05, 3.63) is 21.9 Å². The summed E-state index contributed by atoms with van der Waals surface area (Å²) in [4.78, 5) is 1.62. The molecule has 2 rings (SSSR count). The first-order chi connectivity index (χ1) is 8.86. The van der Waals surface area contributed by atoms with Gasteiger partial charge in [0.05, 0.1) is 0 Å². The molecule has 1 aromatic rings. The SMILES string of the molecule is CCNC(c1sccc1CC)C1CCCCCC1. The minimum Gasteiger partial charge on any atom is -0.309 e. The van der Waals surface area contributed by atoms with Crippen LogP contribution in [-0.4, -0.2) is 6.54 Å². The van der Waals surface area contributed by atoms with Crippen LogP contribution in [0.2, 0.25) is 0 Å². The molecule has 1 unspecified atom stereocenters. The summed E-state index contributed by atoms with van der Waals surface area (Å²) in [6.45, 7) is 5.60. The summed E-state index contributed by atoms with van der Waals surface area (Å²) in [6, 6.07) is 2.93. The van der Waals surface area contributed by atoms with E-state index in [-0.39, 0.29) is 0 Å². The summed E-state index contributed by atoms with van der Waals surface area (Å²) in [5, 5.41) is 6.04. The summed E-state index contributed by atoms with van der Waals surface area (Å²) >= 11 is 1.96. The van der Waals surface area contributed by atoms with Crippen molar-refractivity contribution in [1.82, 2.24) is 5.32 Å². The zero-order chi connectivity index (χ0) is 12.8. The molecule has 0 amide bonds. The van der Waals surface area contributed by atoms with Crippen molar-refractivity contribution in [3.8, 4) is 0 Å². The zero-order valence-electron chi connectivity index (χ0n) is 11.9. The molecule has 0 bridgehead atoms. The average Bonchev–Trinajstić information content (AvgIpc) is 2.69. The highest BCUT2D eigenvalue weighted by Crippen LogP contribution is 2.37. The van der Waals surface area contributed by atoms with Gasteiger partial charge < -0.3 is 5.32 Å². The standard InChI is InChI=1S/C16H27NS/c1-3-13-11-12-18-16(13)15(17-4-2)14-9-7-5-6-8-10-14/h11-12,14-15,17H,3-10H2,1-2H3. The molecule has 102 valence electrons. The Morgan fingerprint density at radius 1 is 1.22 bits per heavy atom. The van der Waals surface area contributed by atoms with Gasteiger partial charge in [0.15, 0.2) is 0 Å². The van der Waals surface area contributed by atoms with E-state index in [1.165, 1.54) is 44.9 Å². The van der Waals surface area contributed by atoms with Gasteiger partial charge >= 0.3 is 0 Å². The molecule has 1 aliphatic carbocycles. The van der Waals surface area contributed by atoms with E-state index in [1.807, 2.05) is 11.3 Å². The lowest BCUT2D eigenvalue weighted by Crippen LogP contribution is -2.28. The predicted octanol–water partition coefficient (Wildman–Crippen LogP) is 4.93. The minimum absolute atomic E-state index is 0.614. The molecule has 1 atom stereocenters. The smallest absolute Gasteiger partial charge is 0.0446 e. The second kappa shape index (κ2) is 7.30. The van der Waals surface area contributed by atoms with Crippen LogP contribution in [0.4, 0.5) is 0 Å². The van der Waals surface area contributed by atoms with Gasteiger partial charge in [-0.1, -0.05) is 39.5 Å². The van der Waals surface area contributed by atoms with Crippen LogP contribution in [0, 0.1) is 5.92 Å². The van der Waals surface area contributed by atoms with Crippen LogP contribution >= 0.6 is 11.3 Å². The Morgan fingerprint density at radius 3 is 2.56 bits per heavy atom. The molecular formula is C16H27NS. The lowest BCUT2D eigenvalue weighted by Gasteiger charge is -2.27. The lowest BCUT2D eigenvalue weighted by molar-refractivity contribution is 0.333. The van der Waals surface area contributed by atoms with E-state index in [9.17, 15) is 0 Å². The first-order valence-electron chi connectivity index (χ1n) is 7.66. The van der Waals surface area contributed by atoms with E-state index in [0.29, 0.717) is 6.04 Å². The Morgan fingerprint density at radius 2 is 1.94 bits per heavy atom. The van der Waals surface area contributed by atoms with Crippen LogP contribution in [0.1, 0.15) is 68.9 Å². The van der Waals surface area contributed by atoms with Gasteiger partial charge in [0.1, 0.15) is 0 Å². The first-order valence-corrected chi connectivity index (χ1v) is 8.54. The van der Waals surface area contributed by atoms with Crippen molar-refractivity contribution in [2.45, 2.75) is 64.8 Å². The Labute approximate surface area is 116 Å². The normalized spacial score (nSPS) is 19.7. The van der Waals surface area contributed by atoms with Crippen molar-refractivity contribution >= 4 is 11.3 Å². The molecule has 1 aromatic heterocycles. The van der Waals surface area contributed by atoms with Gasteiger partial charge in [-0.3, -0.25) is 0 Å². The van der Waals surface area contributed by atoms with Crippen molar-refractivity contribution in [2.75, 3.05) is 6.54 Å². The number of thiophene rings is 1. The monoisotopic (exact) mass is 265 g/mol. The van der Waals surface area contributed by atoms with Gasteiger partial charge in [-0.15, -0.1) is 11.3 Å². The summed E-state index contributed by atoms with van der Waals surface area (Å²) in [5.41, 5.74) is 1.56. The number of rotatable bonds is 5. The van der Waals surface area contributed by atoms with Crippen molar-refractivity contribution in [2.24, 2.45) is 5.92 Å². The second-order valence-corrected chi connectivity index (χ2v) is 6.40. The summed E-state index contributed by atoms with van der Waals surface area (Å²) in [5.74, 6) is 0.858. The Hall–Kier alpha value is -0.340. The maximum Gasteiger partial charge on any atom is 0.0446 e. The largest absolute Gasteiger partial charge is 0.309 e. The Balaban J connectivity index is 2.15. The average molecular weight is 265 g/mol. The zero-order valence-corrected chi connectivity index (χ0v) is 12.7. The van der Waals surface area contributed by atoms with E-state index in [2.05, 4.69) is 30.6 Å². The number of hydrogen-bond donors (Lipinski definition) is 1. The minimum atomic E-state index is 0.614. The van der Waals surface area contributed by atoms with Crippen molar-refractivity contribution < 1.29 is 0 Å². The highest BCUT2D eigenvalue weighted by molar-refractivity contribution is 7.10. The molecule has 0 saturated heterocycles. The number of hydrogen-bond acceptors (Lipinski definition) is 2. The molecule has 0 spiro atoms. The Bertz CT molecular complexity index is 337. The van der Waals surface area contributed by atoms with Gasteiger partial charge in [-0.2, -0.15) is 0 Å². The molecule has 1 fully saturated rings. The first kappa shape index (κ1) is 14.1. The third kappa shape index (κ3) is 3.36. The van der Waals surface area contributed by atoms with Crippen LogP contribution < -0.4 is 5.32 Å². The number of nitrogens with one attached hydrogen (secondary N) is 1. The summed E-state index contributed by atoms with van der Waals surface area (Å²) < 4.78 is 0. The molecule has 0 radical (unpaired) electrons. The van der Waals surface area contributed by atoms with Gasteiger partial charge in [-0.05, 0) is 48.7 Å². The van der Waals surface area contributed by atoms with Gasteiger partial charge in [0.25, 0.3) is 0 Å². The van der Waals surface area contributed by atoms with Crippen LogP contribution in [0.3, 0.4) is 0 Å². The van der Waals surface area contributed by atoms with Crippen LogP contribution in [-0.2, 0) is 6.42 Å². The van der Waals surface area contributed by atoms with Crippen LogP contribution in [0.15, 0.2) is 11.4 Å². The fourth-order valence-electron chi connectivity index (χ4n) is 3.25. The topological polar surface area (TPSA) is 12.0 Å². The summed E-state index contributed by atoms with van der Waals surface area (Å²) in [7, 11) is 0. The van der Waals surface area contributed by atoms with E-state index in [0.717, 1.165) is 12.5 Å². The molecule has 1 aliphatic rings. The van der Waals surface area contributed by atoms with Gasteiger partial charge in [0.2, 0.25) is 0 Å². The molecule has 1 N–H and O–H groups in total. The van der Waals surface area contributed by atoms with Gasteiger partial charge in [0, 0.05) is 10.9 Å². The summed E-state index contributed by atoms with van der Waals surface area (Å²) in [6.07, 6.45) is 9.75. The lowest BCUT2D eigenvalue weighted by atomic mass is 9.89. The fraction of sp³-hybridized carbons (Fsp3) is 0.750. The highest BCUT2D eigenvalue weighted by Gasteiger charge is 2.25. The van der Waals surface area contributed by atoms with Crippen LogP contribution in [0.25, 0.3) is 0 Å². The quantitative estimate of drug-likeness (QED) is 0.744. The van der Waals surface area contributed by atoms with Crippen molar-refractivity contribution in [1.29, 1.82) is 0 Å². The third-order valence-electron chi connectivity index (χ3n) is 4.24.